The molecule has 18 heavy (non-hydrogen) atoms. The molecule has 1 atom stereocenters. The minimum Gasteiger partial charge on any atom is -0.466 e. The number of carbonyl (C=O) groups is 1. The molecule has 2 N–H and O–H groups in total. The average Bonchev–Trinajstić information content (AvgIpc) is 2.15. The highest BCUT2D eigenvalue weighted by Crippen LogP contribution is 2.25. The quantitative estimate of drug-likeness (QED) is 0.854. The third-order valence-corrected chi connectivity index (χ3v) is 2.56. The van der Waals surface area contributed by atoms with Gasteiger partial charge in [-0.3, -0.25) is 4.79 Å². The largest absolute Gasteiger partial charge is 0.466 e. The molecule has 0 aliphatic heterocycles. The monoisotopic (exact) mass is 343 g/mol. The van der Waals surface area contributed by atoms with Gasteiger partial charge < -0.3 is 10.5 Å². The molecule has 0 unspecified atom stereocenters. The second-order valence-corrected chi connectivity index (χ2v) is 4.31. The minimum atomic E-state index is -1.05. The zero-order chi connectivity index (χ0) is 13.0. The number of nitrogens with two attached hydrogens (primary N) is 1. The number of hydrogen-bond acceptors (Lipinski definition) is 3. The van der Waals surface area contributed by atoms with Crippen LogP contribution >= 0.6 is 28.3 Å². The van der Waals surface area contributed by atoms with Crippen molar-refractivity contribution in [3.05, 3.63) is 33.8 Å². The van der Waals surface area contributed by atoms with Gasteiger partial charge in [-0.1, -0.05) is 15.9 Å². The van der Waals surface area contributed by atoms with Crippen molar-refractivity contribution >= 4 is 34.3 Å². The van der Waals surface area contributed by atoms with Crippen LogP contribution in [0.4, 0.5) is 8.78 Å². The van der Waals surface area contributed by atoms with Crippen LogP contribution in [0.15, 0.2) is 16.6 Å². The molecule has 0 aliphatic rings. The van der Waals surface area contributed by atoms with E-state index in [2.05, 4.69) is 20.7 Å². The number of rotatable bonds is 4. The molecule has 0 heterocycles. The van der Waals surface area contributed by atoms with E-state index in [-0.39, 0.29) is 35.5 Å². The van der Waals surface area contributed by atoms with Crippen LogP contribution in [0.2, 0.25) is 0 Å². The Morgan fingerprint density at radius 2 is 1.94 bits per heavy atom. The highest BCUT2D eigenvalue weighted by atomic mass is 79.9. The maximum atomic E-state index is 13.5. The molecule has 102 valence electrons. The van der Waals surface area contributed by atoms with Crippen LogP contribution in [0, 0.1) is 11.6 Å². The zero-order valence-corrected chi connectivity index (χ0v) is 12.0. The molecule has 0 aromatic heterocycles. The Labute approximate surface area is 118 Å². The molecule has 0 spiro atoms. The van der Waals surface area contributed by atoms with Crippen molar-refractivity contribution in [2.45, 2.75) is 19.4 Å². The number of ether oxygens (including phenoxy) is 1. The normalized spacial score (nSPS) is 11.6. The summed E-state index contributed by atoms with van der Waals surface area (Å²) >= 11 is 2.96. The molecule has 3 nitrogen and oxygen atoms in total. The summed E-state index contributed by atoms with van der Waals surface area (Å²) in [6.45, 7) is 1.85. The first kappa shape index (κ1) is 17.3. The van der Waals surface area contributed by atoms with Gasteiger partial charge in [0.1, 0.15) is 11.6 Å². The highest BCUT2D eigenvalue weighted by molar-refractivity contribution is 9.10. The van der Waals surface area contributed by atoms with Crippen molar-refractivity contribution in [1.82, 2.24) is 0 Å². The molecule has 1 rings (SSSR count). The fourth-order valence-electron chi connectivity index (χ4n) is 1.41. The van der Waals surface area contributed by atoms with E-state index in [0.717, 1.165) is 12.1 Å². The van der Waals surface area contributed by atoms with Crippen molar-refractivity contribution in [3.8, 4) is 0 Å². The molecule has 7 heteroatoms. The summed E-state index contributed by atoms with van der Waals surface area (Å²) in [6, 6.07) is 1.15. The predicted octanol–water partition coefficient (Wildman–Crippen LogP) is 3.10. The first-order valence-electron chi connectivity index (χ1n) is 5.01. The van der Waals surface area contributed by atoms with Gasteiger partial charge in [0.15, 0.2) is 0 Å². The number of hydrogen-bond donors (Lipinski definition) is 1. The standard InChI is InChI=1S/C11H12BrF2NO2.ClH/c1-2-17-10(16)5-9(15)11-7(13)3-6(12)4-8(11)14;/h3-4,9H,2,5,15H2,1H3;1H/t9-;/m1./s1. The second kappa shape index (κ2) is 7.66. The molecular weight excluding hydrogens is 331 g/mol. The lowest BCUT2D eigenvalue weighted by atomic mass is 10.0. The van der Waals surface area contributed by atoms with Crippen LogP contribution in [0.5, 0.6) is 0 Å². The van der Waals surface area contributed by atoms with Crippen LogP contribution in [-0.4, -0.2) is 12.6 Å². The second-order valence-electron chi connectivity index (χ2n) is 3.40. The van der Waals surface area contributed by atoms with Crippen LogP contribution < -0.4 is 5.73 Å². The fraction of sp³-hybridized carbons (Fsp3) is 0.364. The lowest BCUT2D eigenvalue weighted by Crippen LogP contribution is -2.19. The van der Waals surface area contributed by atoms with Crippen molar-refractivity contribution in [1.29, 1.82) is 0 Å². The van der Waals surface area contributed by atoms with Gasteiger partial charge in [-0.05, 0) is 19.1 Å². The lowest BCUT2D eigenvalue weighted by Gasteiger charge is -2.13. The average molecular weight is 345 g/mol. The summed E-state index contributed by atoms with van der Waals surface area (Å²) in [7, 11) is 0. The number of halogens is 4. The molecule has 0 radical (unpaired) electrons. The van der Waals surface area contributed by atoms with Gasteiger partial charge in [0.2, 0.25) is 0 Å². The molecule has 0 fully saturated rings. The van der Waals surface area contributed by atoms with Gasteiger partial charge in [0.25, 0.3) is 0 Å². The third-order valence-electron chi connectivity index (χ3n) is 2.11. The van der Waals surface area contributed by atoms with Gasteiger partial charge >= 0.3 is 5.97 Å². The van der Waals surface area contributed by atoms with Crippen LogP contribution in [-0.2, 0) is 9.53 Å². The topological polar surface area (TPSA) is 52.3 Å². The highest BCUT2D eigenvalue weighted by Gasteiger charge is 2.20. The maximum Gasteiger partial charge on any atom is 0.307 e. The van der Waals surface area contributed by atoms with Crippen LogP contribution in [0.1, 0.15) is 24.9 Å². The van der Waals surface area contributed by atoms with Gasteiger partial charge in [0, 0.05) is 16.1 Å². The van der Waals surface area contributed by atoms with Crippen molar-refractivity contribution < 1.29 is 18.3 Å². The molecule has 0 aliphatic carbocycles. The third kappa shape index (κ3) is 4.51. The van der Waals surface area contributed by atoms with Gasteiger partial charge in [-0.25, -0.2) is 8.78 Å². The molecule has 1 aromatic rings. The maximum absolute atomic E-state index is 13.5. The van der Waals surface area contributed by atoms with Crippen molar-refractivity contribution in [3.63, 3.8) is 0 Å². The number of benzene rings is 1. The Morgan fingerprint density at radius 3 is 2.39 bits per heavy atom. The summed E-state index contributed by atoms with van der Waals surface area (Å²) in [5.41, 5.74) is 5.28. The van der Waals surface area contributed by atoms with E-state index in [1.54, 1.807) is 6.92 Å². The minimum absolute atomic E-state index is 0. The molecule has 0 bridgehead atoms. The smallest absolute Gasteiger partial charge is 0.307 e. The van der Waals surface area contributed by atoms with Crippen LogP contribution in [0.3, 0.4) is 0 Å². The SMILES string of the molecule is CCOC(=O)C[C@@H](N)c1c(F)cc(Br)cc1F.Cl. The van der Waals surface area contributed by atoms with Crippen LogP contribution in [0.25, 0.3) is 0 Å². The molecule has 0 saturated carbocycles. The summed E-state index contributed by atoms with van der Waals surface area (Å²) in [6.07, 6.45) is -0.261. The predicted molar refractivity (Wildman–Crippen MR) is 69.5 cm³/mol. The molecular formula is C11H13BrClF2NO2. The van der Waals surface area contributed by atoms with E-state index in [4.69, 9.17) is 5.73 Å². The Hall–Kier alpha value is -0.720. The Kier molecular flexibility index (Phi) is 7.35. The Bertz CT molecular complexity index is 408. The zero-order valence-electron chi connectivity index (χ0n) is 9.58. The van der Waals surface area contributed by atoms with E-state index in [1.807, 2.05) is 0 Å². The molecule has 0 amide bonds. The van der Waals surface area contributed by atoms with E-state index < -0.39 is 23.6 Å². The fourth-order valence-corrected chi connectivity index (χ4v) is 1.81. The number of carbonyl (C=O) groups excluding carboxylic acids is 1. The van der Waals surface area contributed by atoms with Gasteiger partial charge in [0.05, 0.1) is 13.0 Å². The van der Waals surface area contributed by atoms with E-state index in [9.17, 15) is 13.6 Å². The first-order valence-corrected chi connectivity index (χ1v) is 5.80. The molecule has 1 aromatic carbocycles. The first-order chi connectivity index (χ1) is 7.95. The van der Waals surface area contributed by atoms with Gasteiger partial charge in [-0.2, -0.15) is 0 Å². The van der Waals surface area contributed by atoms with E-state index >= 15 is 0 Å². The van der Waals surface area contributed by atoms with Gasteiger partial charge in [-0.15, -0.1) is 12.4 Å². The Balaban J connectivity index is 0.00000289. The number of esters is 1. The summed E-state index contributed by atoms with van der Waals surface area (Å²) in [5.74, 6) is -2.15. The Morgan fingerprint density at radius 1 is 1.44 bits per heavy atom. The summed E-state index contributed by atoms with van der Waals surface area (Å²) < 4.78 is 31.9. The van der Waals surface area contributed by atoms with Crippen molar-refractivity contribution in [2.75, 3.05) is 6.61 Å². The van der Waals surface area contributed by atoms with E-state index in [0.29, 0.717) is 0 Å². The summed E-state index contributed by atoms with van der Waals surface area (Å²) in [4.78, 5) is 11.2. The molecule has 0 saturated heterocycles. The summed E-state index contributed by atoms with van der Waals surface area (Å²) in [5, 5.41) is 0. The lowest BCUT2D eigenvalue weighted by molar-refractivity contribution is -0.143. The van der Waals surface area contributed by atoms with Crippen molar-refractivity contribution in [2.24, 2.45) is 5.73 Å². The van der Waals surface area contributed by atoms with E-state index in [1.165, 1.54) is 0 Å².